The molecule has 0 fully saturated rings. The monoisotopic (exact) mass is 313 g/mol. The number of anilines is 1. The highest BCUT2D eigenvalue weighted by Crippen LogP contribution is 2.32. The first-order chi connectivity index (χ1) is 10.8. The molecular weight excluding hydrogens is 298 g/mol. The molecule has 0 bridgehead atoms. The lowest BCUT2D eigenvalue weighted by molar-refractivity contribution is 0.174. The van der Waals surface area contributed by atoms with E-state index in [9.17, 15) is 0 Å². The average molecular weight is 313 g/mol. The van der Waals surface area contributed by atoms with Crippen LogP contribution in [0, 0.1) is 6.92 Å². The Morgan fingerprint density at radius 3 is 3.05 bits per heavy atom. The standard InChI is InChI=1S/C16H15N3O2S/c1-10-18-15(12-5-7-22-16(12)19-10)17-6-4-11-2-3-13-14(8-11)21-9-20-13/h2-3,5,7-8H,4,6,9H2,1H3,(H,17,18,19). The molecule has 1 N–H and O–H groups in total. The van der Waals surface area contributed by atoms with Crippen LogP contribution in [0.2, 0.25) is 0 Å². The summed E-state index contributed by atoms with van der Waals surface area (Å²) < 4.78 is 10.7. The van der Waals surface area contributed by atoms with Crippen LogP contribution >= 0.6 is 11.3 Å². The van der Waals surface area contributed by atoms with Crippen molar-refractivity contribution in [3.8, 4) is 11.5 Å². The smallest absolute Gasteiger partial charge is 0.231 e. The Kier molecular flexibility index (Phi) is 3.31. The molecular formula is C16H15N3O2S. The van der Waals surface area contributed by atoms with Crippen molar-refractivity contribution in [1.82, 2.24) is 9.97 Å². The zero-order valence-electron chi connectivity index (χ0n) is 12.1. The van der Waals surface area contributed by atoms with Crippen molar-refractivity contribution in [2.24, 2.45) is 0 Å². The average Bonchev–Trinajstić information content (AvgIpc) is 3.14. The molecule has 0 atom stereocenters. The number of aromatic nitrogens is 2. The molecule has 0 saturated carbocycles. The van der Waals surface area contributed by atoms with Crippen LogP contribution in [-0.2, 0) is 6.42 Å². The second-order valence-electron chi connectivity index (χ2n) is 5.12. The van der Waals surface area contributed by atoms with E-state index in [4.69, 9.17) is 9.47 Å². The molecule has 2 aromatic heterocycles. The van der Waals surface area contributed by atoms with E-state index in [1.54, 1.807) is 11.3 Å². The Balaban J connectivity index is 1.47. The number of nitrogens with one attached hydrogen (secondary N) is 1. The number of thiophene rings is 1. The number of ether oxygens (including phenoxy) is 2. The number of aryl methyl sites for hydroxylation is 1. The lowest BCUT2D eigenvalue weighted by Gasteiger charge is -2.08. The van der Waals surface area contributed by atoms with E-state index in [-0.39, 0.29) is 0 Å². The van der Waals surface area contributed by atoms with Gasteiger partial charge in [0, 0.05) is 6.54 Å². The third-order valence-corrected chi connectivity index (χ3v) is 4.39. The van der Waals surface area contributed by atoms with Crippen molar-refractivity contribution < 1.29 is 9.47 Å². The summed E-state index contributed by atoms with van der Waals surface area (Å²) in [5.74, 6) is 3.35. The van der Waals surface area contributed by atoms with Crippen molar-refractivity contribution in [2.75, 3.05) is 18.7 Å². The van der Waals surface area contributed by atoms with E-state index >= 15 is 0 Å². The van der Waals surface area contributed by atoms with Crippen molar-refractivity contribution in [2.45, 2.75) is 13.3 Å². The molecule has 112 valence electrons. The van der Waals surface area contributed by atoms with Crippen LogP contribution < -0.4 is 14.8 Å². The van der Waals surface area contributed by atoms with Crippen LogP contribution in [0.5, 0.6) is 11.5 Å². The maximum absolute atomic E-state index is 5.40. The molecule has 0 spiro atoms. The predicted molar refractivity (Wildman–Crippen MR) is 86.9 cm³/mol. The minimum absolute atomic E-state index is 0.313. The molecule has 3 aromatic rings. The summed E-state index contributed by atoms with van der Waals surface area (Å²) in [5.41, 5.74) is 1.21. The number of benzene rings is 1. The van der Waals surface area contributed by atoms with E-state index in [0.717, 1.165) is 46.3 Å². The summed E-state index contributed by atoms with van der Waals surface area (Å²) in [6, 6.07) is 8.13. The second-order valence-corrected chi connectivity index (χ2v) is 6.02. The van der Waals surface area contributed by atoms with Crippen molar-refractivity contribution in [1.29, 1.82) is 0 Å². The topological polar surface area (TPSA) is 56.3 Å². The Morgan fingerprint density at radius 1 is 1.18 bits per heavy atom. The van der Waals surface area contributed by atoms with Gasteiger partial charge >= 0.3 is 0 Å². The first-order valence-electron chi connectivity index (χ1n) is 7.14. The van der Waals surface area contributed by atoms with Gasteiger partial charge in [0.1, 0.15) is 16.5 Å². The van der Waals surface area contributed by atoms with E-state index in [2.05, 4.69) is 27.4 Å². The van der Waals surface area contributed by atoms with Crippen LogP contribution in [0.15, 0.2) is 29.6 Å². The highest BCUT2D eigenvalue weighted by atomic mass is 32.1. The van der Waals surface area contributed by atoms with Gasteiger partial charge in [-0.15, -0.1) is 11.3 Å². The Bertz CT molecular complexity index is 831. The normalized spacial score (nSPS) is 12.8. The predicted octanol–water partition coefficient (Wildman–Crippen LogP) is 3.38. The number of hydrogen-bond donors (Lipinski definition) is 1. The van der Waals surface area contributed by atoms with Crippen LogP contribution in [-0.4, -0.2) is 23.3 Å². The van der Waals surface area contributed by atoms with E-state index < -0.39 is 0 Å². The Morgan fingerprint density at radius 2 is 2.09 bits per heavy atom. The minimum Gasteiger partial charge on any atom is -0.454 e. The molecule has 5 nitrogen and oxygen atoms in total. The lowest BCUT2D eigenvalue weighted by Crippen LogP contribution is -2.07. The van der Waals surface area contributed by atoms with Gasteiger partial charge in [-0.25, -0.2) is 9.97 Å². The highest BCUT2D eigenvalue weighted by Gasteiger charge is 2.13. The fourth-order valence-electron chi connectivity index (χ4n) is 2.52. The lowest BCUT2D eigenvalue weighted by atomic mass is 10.1. The van der Waals surface area contributed by atoms with Gasteiger partial charge in [-0.1, -0.05) is 6.07 Å². The molecule has 1 aliphatic heterocycles. The molecule has 22 heavy (non-hydrogen) atoms. The van der Waals surface area contributed by atoms with Crippen molar-refractivity contribution in [3.05, 3.63) is 41.0 Å². The second kappa shape index (κ2) is 5.46. The van der Waals surface area contributed by atoms with E-state index in [0.29, 0.717) is 6.79 Å². The van der Waals surface area contributed by atoms with Crippen LogP contribution in [0.4, 0.5) is 5.82 Å². The molecule has 0 saturated heterocycles. The number of rotatable bonds is 4. The summed E-state index contributed by atoms with van der Waals surface area (Å²) in [7, 11) is 0. The van der Waals surface area contributed by atoms with Crippen molar-refractivity contribution >= 4 is 27.4 Å². The third-order valence-electron chi connectivity index (χ3n) is 3.58. The third kappa shape index (κ3) is 2.46. The fourth-order valence-corrected chi connectivity index (χ4v) is 3.33. The van der Waals surface area contributed by atoms with Crippen LogP contribution in [0.3, 0.4) is 0 Å². The zero-order chi connectivity index (χ0) is 14.9. The van der Waals surface area contributed by atoms with Gasteiger partial charge in [-0.05, 0) is 42.5 Å². The van der Waals surface area contributed by atoms with Gasteiger partial charge in [0.15, 0.2) is 11.5 Å². The summed E-state index contributed by atoms with van der Waals surface area (Å²) >= 11 is 1.64. The Hall–Kier alpha value is -2.34. The van der Waals surface area contributed by atoms with Gasteiger partial charge in [0.2, 0.25) is 6.79 Å². The van der Waals surface area contributed by atoms with E-state index in [1.807, 2.05) is 24.4 Å². The van der Waals surface area contributed by atoms with Crippen LogP contribution in [0.25, 0.3) is 10.2 Å². The number of nitrogens with zero attached hydrogens (tertiary/aromatic N) is 2. The zero-order valence-corrected chi connectivity index (χ0v) is 12.9. The molecule has 0 amide bonds. The molecule has 0 radical (unpaired) electrons. The summed E-state index contributed by atoms with van der Waals surface area (Å²) in [5, 5.41) is 6.54. The van der Waals surface area contributed by atoms with Gasteiger partial charge in [-0.2, -0.15) is 0 Å². The molecule has 4 rings (SSSR count). The SMILES string of the molecule is Cc1nc(NCCc2ccc3c(c2)OCO3)c2ccsc2n1. The molecule has 1 aliphatic rings. The Labute approximate surface area is 131 Å². The summed E-state index contributed by atoms with van der Waals surface area (Å²) in [4.78, 5) is 9.97. The number of fused-ring (bicyclic) bond motifs is 2. The first-order valence-corrected chi connectivity index (χ1v) is 8.02. The summed E-state index contributed by atoms with van der Waals surface area (Å²) in [6.45, 7) is 3.04. The highest BCUT2D eigenvalue weighted by molar-refractivity contribution is 7.16. The quantitative estimate of drug-likeness (QED) is 0.800. The maximum atomic E-state index is 5.40. The fraction of sp³-hybridized carbons (Fsp3) is 0.250. The van der Waals surface area contributed by atoms with Crippen LogP contribution in [0.1, 0.15) is 11.4 Å². The van der Waals surface area contributed by atoms with Gasteiger partial charge in [0.05, 0.1) is 5.39 Å². The maximum Gasteiger partial charge on any atom is 0.231 e. The molecule has 1 aromatic carbocycles. The van der Waals surface area contributed by atoms with Gasteiger partial charge in [0.25, 0.3) is 0 Å². The molecule has 0 unspecified atom stereocenters. The number of hydrogen-bond acceptors (Lipinski definition) is 6. The van der Waals surface area contributed by atoms with Gasteiger partial charge < -0.3 is 14.8 Å². The van der Waals surface area contributed by atoms with Crippen molar-refractivity contribution in [3.63, 3.8) is 0 Å². The summed E-state index contributed by atoms with van der Waals surface area (Å²) in [6.07, 6.45) is 0.894. The van der Waals surface area contributed by atoms with Gasteiger partial charge in [-0.3, -0.25) is 0 Å². The molecule has 3 heterocycles. The first kappa shape index (κ1) is 13.3. The molecule has 6 heteroatoms. The largest absolute Gasteiger partial charge is 0.454 e. The van der Waals surface area contributed by atoms with E-state index in [1.165, 1.54) is 5.56 Å². The molecule has 0 aliphatic carbocycles. The minimum atomic E-state index is 0.313.